The van der Waals surface area contributed by atoms with Crippen molar-refractivity contribution < 1.29 is 19.5 Å². The summed E-state index contributed by atoms with van der Waals surface area (Å²) in [7, 11) is 1.70. The Hall–Kier alpha value is -7.50. The Bertz CT molecular complexity index is 3630. The van der Waals surface area contributed by atoms with E-state index in [4.69, 9.17) is 11.6 Å². The zero-order valence-corrected chi connectivity index (χ0v) is 41.7. The summed E-state index contributed by atoms with van der Waals surface area (Å²) < 4.78 is 3.70. The summed E-state index contributed by atoms with van der Waals surface area (Å²) in [4.78, 5) is 68.2. The molecule has 17 heteroatoms. The Morgan fingerprint density at radius 1 is 0.836 bits per heavy atom. The van der Waals surface area contributed by atoms with Crippen LogP contribution in [0.15, 0.2) is 108 Å². The summed E-state index contributed by atoms with van der Waals surface area (Å²) in [6.45, 7) is 10.6. The number of hydrogen-bond acceptors (Lipinski definition) is 10. The number of phenolic OH excluding ortho intramolecular Hbond substituents is 1. The van der Waals surface area contributed by atoms with Crippen LogP contribution in [0.25, 0.3) is 48.9 Å². The molecule has 2 aliphatic heterocycles. The summed E-state index contributed by atoms with van der Waals surface area (Å²) >= 11 is 6.45. The molecule has 9 aromatic rings. The number of amides is 3. The number of hydrogen-bond donors (Lipinski definition) is 6. The van der Waals surface area contributed by atoms with Gasteiger partial charge in [0.25, 0.3) is 11.8 Å². The third-order valence-electron chi connectivity index (χ3n) is 14.6. The second-order valence-electron chi connectivity index (χ2n) is 19.5. The van der Waals surface area contributed by atoms with E-state index in [9.17, 15) is 24.3 Å². The molecule has 2 aliphatic rings. The molecule has 1 atom stereocenters. The summed E-state index contributed by atoms with van der Waals surface area (Å²) in [5.41, 5.74) is 7.12. The molecular formula is C56H58ClN11O5. The maximum absolute atomic E-state index is 14.0. The van der Waals surface area contributed by atoms with E-state index in [2.05, 4.69) is 57.6 Å². The summed E-state index contributed by atoms with van der Waals surface area (Å²) in [6, 6.07) is 28.6. The SMILES string of the molecule is Cc1ccc2c(O)cc3c(c2c1)C(CCl)CN3C(=O)c1cc2cc(NC(=O)c3nc(NC(=O)CCNCCCN4CCN(CCCNc5ccc6ccn7c8ccccc8c(=O)c5c67)CC4)cn3C)ccc2[nH]1. The van der Waals surface area contributed by atoms with Gasteiger partial charge in [-0.05, 0) is 98.9 Å². The second kappa shape index (κ2) is 20.2. The van der Waals surface area contributed by atoms with Gasteiger partial charge < -0.3 is 55.0 Å². The molecule has 6 N–H and O–H groups in total. The number of carbonyl (C=O) groups excluding carboxylic acids is 3. The van der Waals surface area contributed by atoms with Gasteiger partial charge >= 0.3 is 0 Å². The molecule has 3 amide bonds. The lowest BCUT2D eigenvalue weighted by atomic mass is 9.94. The van der Waals surface area contributed by atoms with Gasteiger partial charge in [0.1, 0.15) is 11.4 Å². The number of aryl methyl sites for hydroxylation is 2. The third-order valence-corrected chi connectivity index (χ3v) is 14.9. The molecule has 16 nitrogen and oxygen atoms in total. The van der Waals surface area contributed by atoms with Crippen molar-refractivity contribution in [3.8, 4) is 5.75 Å². The fourth-order valence-corrected chi connectivity index (χ4v) is 11.1. The Labute approximate surface area is 426 Å². The van der Waals surface area contributed by atoms with E-state index in [-0.39, 0.29) is 47.0 Å². The van der Waals surface area contributed by atoms with Crippen molar-refractivity contribution in [2.45, 2.75) is 32.1 Å². The Morgan fingerprint density at radius 2 is 1.63 bits per heavy atom. The number of carbonyl (C=O) groups is 3. The molecule has 11 rings (SSSR count). The molecule has 4 aromatic heterocycles. The molecule has 0 bridgehead atoms. The lowest BCUT2D eigenvalue weighted by Crippen LogP contribution is -2.47. The van der Waals surface area contributed by atoms with Gasteiger partial charge in [-0.3, -0.25) is 19.2 Å². The molecule has 73 heavy (non-hydrogen) atoms. The van der Waals surface area contributed by atoms with E-state index < -0.39 is 5.91 Å². The van der Waals surface area contributed by atoms with Crippen LogP contribution in [0, 0.1) is 6.92 Å². The molecule has 6 heterocycles. The molecule has 5 aromatic carbocycles. The van der Waals surface area contributed by atoms with E-state index >= 15 is 0 Å². The number of rotatable bonds is 17. The van der Waals surface area contributed by atoms with Gasteiger partial charge in [-0.1, -0.05) is 42.0 Å². The smallest absolute Gasteiger partial charge is 0.291 e. The molecule has 0 aliphatic carbocycles. The van der Waals surface area contributed by atoms with Crippen LogP contribution < -0.4 is 31.6 Å². The number of piperazine rings is 1. The highest BCUT2D eigenvalue weighted by Crippen LogP contribution is 2.46. The number of nitrogens with one attached hydrogen (secondary N) is 5. The number of fused-ring (bicyclic) bond motifs is 6. The van der Waals surface area contributed by atoms with Crippen LogP contribution in [-0.2, 0) is 11.8 Å². The van der Waals surface area contributed by atoms with Crippen molar-refractivity contribution in [1.82, 2.24) is 34.1 Å². The Balaban J connectivity index is 0.594. The van der Waals surface area contributed by atoms with Crippen LogP contribution in [0.1, 0.15) is 57.4 Å². The average molecular weight is 1000 g/mol. The summed E-state index contributed by atoms with van der Waals surface area (Å²) in [5, 5.41) is 28.5. The molecule has 0 radical (unpaired) electrons. The van der Waals surface area contributed by atoms with Crippen LogP contribution in [0.2, 0.25) is 0 Å². The first-order valence-corrected chi connectivity index (χ1v) is 25.6. The van der Waals surface area contributed by atoms with E-state index in [0.717, 1.165) is 125 Å². The molecule has 1 fully saturated rings. The molecule has 1 saturated heterocycles. The van der Waals surface area contributed by atoms with Crippen LogP contribution in [-0.4, -0.2) is 123 Å². The number of nitrogens with zero attached hydrogens (tertiary/aromatic N) is 6. The van der Waals surface area contributed by atoms with Gasteiger partial charge in [-0.15, -0.1) is 11.6 Å². The highest BCUT2D eigenvalue weighted by molar-refractivity contribution is 6.19. The quantitative estimate of drug-likeness (QED) is 0.0296. The molecule has 0 spiro atoms. The number of para-hydroxylation sites is 1. The lowest BCUT2D eigenvalue weighted by Gasteiger charge is -2.34. The second-order valence-corrected chi connectivity index (χ2v) is 19.8. The number of imidazole rings is 1. The van der Waals surface area contributed by atoms with Gasteiger partial charge in [-0.2, -0.15) is 0 Å². The van der Waals surface area contributed by atoms with Crippen LogP contribution in [0.3, 0.4) is 0 Å². The van der Waals surface area contributed by atoms with E-state index in [0.29, 0.717) is 41.6 Å². The topological polar surface area (TPSA) is 184 Å². The number of H-pyrrole nitrogens is 1. The zero-order chi connectivity index (χ0) is 50.3. The maximum Gasteiger partial charge on any atom is 0.291 e. The van der Waals surface area contributed by atoms with Gasteiger partial charge in [0.05, 0.1) is 22.1 Å². The molecular weight excluding hydrogens is 942 g/mol. The van der Waals surface area contributed by atoms with E-state index in [1.165, 1.54) is 0 Å². The van der Waals surface area contributed by atoms with Crippen molar-refractivity contribution >= 4 is 101 Å². The first-order chi connectivity index (χ1) is 35.5. The minimum absolute atomic E-state index is 0.0744. The fraction of sp³-hybridized carbons (Fsp3) is 0.304. The zero-order valence-electron chi connectivity index (χ0n) is 40.9. The standard InChI is InChI=1S/C56H58ClN11O5/c1-34-9-12-39-41(27-34)50-37(31-57)32-68(46(50)30-47(39)69)56(73)44-29-36-28-38(11-14-42(36)61-44)60-55(72)54-63-48(33-64(54)2)62-49(70)15-19-58-17-5-20-65-23-25-66(26-24-65)21-6-18-59-43-13-10-35-16-22-67-45-8-4-3-7-40(45)53(71)51(43)52(35)67/h3-4,7-14,16,22,27-30,33,37,58-59,61,69H,5-6,15,17-21,23-26,31-32H2,1-2H3,(H,60,72)(H,62,70). The number of aromatic nitrogens is 4. The monoisotopic (exact) mass is 999 g/mol. The Kier molecular flexibility index (Phi) is 13.2. The number of benzene rings is 5. The van der Waals surface area contributed by atoms with Crippen molar-refractivity contribution in [2.24, 2.45) is 7.05 Å². The molecule has 0 saturated carbocycles. The van der Waals surface area contributed by atoms with Crippen LogP contribution >= 0.6 is 11.6 Å². The average Bonchev–Trinajstić information content (AvgIpc) is 4.20. The summed E-state index contributed by atoms with van der Waals surface area (Å²) in [5.74, 6) is -0.167. The number of alkyl halides is 1. The predicted molar refractivity (Wildman–Crippen MR) is 292 cm³/mol. The first kappa shape index (κ1) is 47.8. The minimum Gasteiger partial charge on any atom is -0.507 e. The molecule has 374 valence electrons. The number of anilines is 4. The number of aromatic amines is 1. The highest BCUT2D eigenvalue weighted by Gasteiger charge is 2.35. The number of pyridine rings is 1. The largest absolute Gasteiger partial charge is 0.507 e. The number of halogens is 1. The van der Waals surface area contributed by atoms with Crippen LogP contribution in [0.5, 0.6) is 5.75 Å². The van der Waals surface area contributed by atoms with Gasteiger partial charge in [0, 0.05) is 128 Å². The van der Waals surface area contributed by atoms with Crippen molar-refractivity contribution in [3.63, 3.8) is 0 Å². The van der Waals surface area contributed by atoms with E-state index in [1.54, 1.807) is 53.0 Å². The fourth-order valence-electron chi connectivity index (χ4n) is 10.8. The van der Waals surface area contributed by atoms with Crippen molar-refractivity contribution in [2.75, 3.05) is 92.2 Å². The molecule has 1 unspecified atom stereocenters. The number of phenols is 1. The van der Waals surface area contributed by atoms with Gasteiger partial charge in [0.2, 0.25) is 11.7 Å². The Morgan fingerprint density at radius 3 is 2.44 bits per heavy atom. The van der Waals surface area contributed by atoms with Gasteiger partial charge in [0.15, 0.2) is 11.2 Å². The summed E-state index contributed by atoms with van der Waals surface area (Å²) in [6.07, 6.45) is 5.88. The van der Waals surface area contributed by atoms with Crippen molar-refractivity contribution in [1.29, 1.82) is 0 Å². The minimum atomic E-state index is -0.454. The van der Waals surface area contributed by atoms with Crippen LogP contribution in [0.4, 0.5) is 22.9 Å². The lowest BCUT2D eigenvalue weighted by molar-refractivity contribution is -0.116. The third kappa shape index (κ3) is 9.43. The predicted octanol–water partition coefficient (Wildman–Crippen LogP) is 8.09. The number of aromatic hydroxyl groups is 1. The first-order valence-electron chi connectivity index (χ1n) is 25.1. The van der Waals surface area contributed by atoms with Gasteiger partial charge in [-0.25, -0.2) is 4.98 Å². The maximum atomic E-state index is 14.0. The normalized spacial score (nSPS) is 15.3. The highest BCUT2D eigenvalue weighted by atomic mass is 35.5. The van der Waals surface area contributed by atoms with E-state index in [1.807, 2.05) is 61.7 Å². The van der Waals surface area contributed by atoms with Crippen molar-refractivity contribution in [3.05, 3.63) is 136 Å².